The van der Waals surface area contributed by atoms with Gasteiger partial charge >= 0.3 is 0 Å². The van der Waals surface area contributed by atoms with Gasteiger partial charge in [-0.25, -0.2) is 0 Å². The van der Waals surface area contributed by atoms with E-state index in [1.807, 2.05) is 0 Å². The van der Waals surface area contributed by atoms with Crippen molar-refractivity contribution in [2.24, 2.45) is 0 Å². The number of nitrogens with zero attached hydrogens (tertiary/aromatic N) is 1. The Morgan fingerprint density at radius 2 is 1.73 bits per heavy atom. The van der Waals surface area contributed by atoms with Gasteiger partial charge in [0.05, 0.1) is 0 Å². The van der Waals surface area contributed by atoms with E-state index in [4.69, 9.17) is 0 Å². The van der Waals surface area contributed by atoms with E-state index in [1.54, 1.807) is 11.3 Å². The van der Waals surface area contributed by atoms with Crippen LogP contribution in [0.15, 0.2) is 42.5 Å². The minimum atomic E-state index is 0.734. The third-order valence-corrected chi connectivity index (χ3v) is 5.69. The lowest BCUT2D eigenvalue weighted by Gasteiger charge is -2.32. The zero-order valence-electron chi connectivity index (χ0n) is 13.1. The highest BCUT2D eigenvalue weighted by molar-refractivity contribution is 6.16. The van der Waals surface area contributed by atoms with Gasteiger partial charge in [0.1, 0.15) is 0 Å². The summed E-state index contributed by atoms with van der Waals surface area (Å²) in [4.78, 5) is 2.72. The molecule has 1 heteroatoms. The van der Waals surface area contributed by atoms with E-state index in [0.717, 1.165) is 6.04 Å². The summed E-state index contributed by atoms with van der Waals surface area (Å²) in [6.07, 6.45) is 5.33. The summed E-state index contributed by atoms with van der Waals surface area (Å²) >= 11 is 0. The Morgan fingerprint density at radius 1 is 0.909 bits per heavy atom. The van der Waals surface area contributed by atoms with E-state index >= 15 is 0 Å². The molecule has 1 nitrogen and oxygen atoms in total. The Balaban J connectivity index is 1.97. The zero-order chi connectivity index (χ0) is 14.7. The van der Waals surface area contributed by atoms with Crippen molar-refractivity contribution in [1.82, 2.24) is 0 Å². The Kier molecular flexibility index (Phi) is 2.55. The summed E-state index contributed by atoms with van der Waals surface area (Å²) < 4.78 is 0. The number of piperidine rings is 1. The fourth-order valence-electron chi connectivity index (χ4n) is 4.77. The second-order valence-electron chi connectivity index (χ2n) is 6.92. The van der Waals surface area contributed by atoms with Crippen molar-refractivity contribution in [2.75, 3.05) is 11.4 Å². The van der Waals surface area contributed by atoms with Gasteiger partial charge in [0.2, 0.25) is 0 Å². The molecule has 2 aliphatic heterocycles. The van der Waals surface area contributed by atoms with E-state index < -0.39 is 0 Å². The van der Waals surface area contributed by atoms with E-state index in [2.05, 4.69) is 54.3 Å². The van der Waals surface area contributed by atoms with Crippen molar-refractivity contribution >= 4 is 27.2 Å². The average molecular weight is 287 g/mol. The van der Waals surface area contributed by atoms with Crippen LogP contribution in [0.1, 0.15) is 30.4 Å². The topological polar surface area (TPSA) is 3.24 Å². The number of fused-ring (bicyclic) bond motifs is 8. The van der Waals surface area contributed by atoms with Gasteiger partial charge in [0.15, 0.2) is 0 Å². The second-order valence-corrected chi connectivity index (χ2v) is 6.92. The summed E-state index contributed by atoms with van der Waals surface area (Å²) in [7, 11) is 0. The quantitative estimate of drug-likeness (QED) is 0.513. The number of benzene rings is 3. The van der Waals surface area contributed by atoms with Crippen LogP contribution in [0.5, 0.6) is 0 Å². The smallest absolute Gasteiger partial charge is 0.0488 e. The summed E-state index contributed by atoms with van der Waals surface area (Å²) in [6, 6.07) is 16.5. The van der Waals surface area contributed by atoms with E-state index in [-0.39, 0.29) is 0 Å². The first-order valence-corrected chi connectivity index (χ1v) is 8.54. The maximum atomic E-state index is 2.72. The lowest BCUT2D eigenvalue weighted by molar-refractivity contribution is 0.479. The molecule has 1 fully saturated rings. The number of aryl methyl sites for hydroxylation is 1. The van der Waals surface area contributed by atoms with Crippen molar-refractivity contribution in [3.05, 3.63) is 53.6 Å². The first-order chi connectivity index (χ1) is 10.8. The molecule has 22 heavy (non-hydrogen) atoms. The van der Waals surface area contributed by atoms with Crippen molar-refractivity contribution in [3.63, 3.8) is 0 Å². The maximum Gasteiger partial charge on any atom is 0.0488 e. The van der Waals surface area contributed by atoms with Crippen molar-refractivity contribution < 1.29 is 0 Å². The number of rotatable bonds is 0. The Bertz CT molecular complexity index is 893. The Morgan fingerprint density at radius 3 is 2.64 bits per heavy atom. The van der Waals surface area contributed by atoms with Gasteiger partial charge < -0.3 is 4.90 Å². The molecular formula is C21H21N. The van der Waals surface area contributed by atoms with Crippen LogP contribution < -0.4 is 4.90 Å². The van der Waals surface area contributed by atoms with E-state index in [1.165, 1.54) is 59.3 Å². The van der Waals surface area contributed by atoms with E-state index in [0.29, 0.717) is 0 Å². The SMILES string of the molecule is Cc1cccc2c1c1c(c3ccccc32)N2CCCCC2C1. The molecule has 110 valence electrons. The molecule has 3 aromatic carbocycles. The average Bonchev–Trinajstić information content (AvgIpc) is 2.94. The number of hydrogen-bond donors (Lipinski definition) is 0. The Hall–Kier alpha value is -2.02. The lowest BCUT2D eigenvalue weighted by Crippen LogP contribution is -2.36. The standard InChI is InChI=1S/C21H21N/c1-14-7-6-11-17-16-9-2-3-10-18(16)21-19(20(14)17)13-15-8-4-5-12-22(15)21/h2-3,6-7,9-11,15H,4-5,8,12-13H2,1H3. The van der Waals surface area contributed by atoms with Gasteiger partial charge in [-0.15, -0.1) is 0 Å². The molecule has 5 rings (SSSR count). The molecule has 0 bridgehead atoms. The number of anilines is 1. The zero-order valence-corrected chi connectivity index (χ0v) is 13.1. The first kappa shape index (κ1) is 12.5. The molecule has 0 radical (unpaired) electrons. The third kappa shape index (κ3) is 1.54. The van der Waals surface area contributed by atoms with Crippen LogP contribution in [0, 0.1) is 6.92 Å². The summed E-state index contributed by atoms with van der Waals surface area (Å²) in [6.45, 7) is 3.51. The third-order valence-electron chi connectivity index (χ3n) is 5.69. The number of hydrogen-bond acceptors (Lipinski definition) is 1. The molecule has 1 unspecified atom stereocenters. The first-order valence-electron chi connectivity index (χ1n) is 8.54. The molecule has 0 N–H and O–H groups in total. The van der Waals surface area contributed by atoms with Crippen LogP contribution in [-0.2, 0) is 6.42 Å². The van der Waals surface area contributed by atoms with Gasteiger partial charge in [-0.3, -0.25) is 0 Å². The fraction of sp³-hybridized carbons (Fsp3) is 0.333. The van der Waals surface area contributed by atoms with Crippen molar-refractivity contribution in [1.29, 1.82) is 0 Å². The molecule has 0 amide bonds. The van der Waals surface area contributed by atoms with Gasteiger partial charge in [-0.1, -0.05) is 42.5 Å². The lowest BCUT2D eigenvalue weighted by atomic mass is 9.92. The van der Waals surface area contributed by atoms with Crippen molar-refractivity contribution in [3.8, 4) is 0 Å². The van der Waals surface area contributed by atoms with Gasteiger partial charge in [0.25, 0.3) is 0 Å². The summed E-state index contributed by atoms with van der Waals surface area (Å²) in [5, 5.41) is 5.84. The highest BCUT2D eigenvalue weighted by atomic mass is 15.2. The summed E-state index contributed by atoms with van der Waals surface area (Å²) in [5.41, 5.74) is 4.58. The largest absolute Gasteiger partial charge is 0.367 e. The fourth-order valence-corrected chi connectivity index (χ4v) is 4.77. The minimum Gasteiger partial charge on any atom is -0.367 e. The normalized spacial score (nSPS) is 20.4. The monoisotopic (exact) mass is 287 g/mol. The molecular weight excluding hydrogens is 266 g/mol. The predicted octanol–water partition coefficient (Wildman–Crippen LogP) is 5.22. The van der Waals surface area contributed by atoms with Crippen LogP contribution in [0.2, 0.25) is 0 Å². The van der Waals surface area contributed by atoms with Crippen LogP contribution in [-0.4, -0.2) is 12.6 Å². The molecule has 0 saturated carbocycles. The molecule has 0 aliphatic carbocycles. The van der Waals surface area contributed by atoms with Crippen LogP contribution in [0.3, 0.4) is 0 Å². The molecule has 2 aliphatic rings. The molecule has 0 aromatic heterocycles. The molecule has 3 aromatic rings. The highest BCUT2D eigenvalue weighted by Crippen LogP contribution is 2.46. The van der Waals surface area contributed by atoms with Crippen LogP contribution >= 0.6 is 0 Å². The van der Waals surface area contributed by atoms with Crippen molar-refractivity contribution in [2.45, 2.75) is 38.6 Å². The van der Waals surface area contributed by atoms with Gasteiger partial charge in [0, 0.05) is 23.7 Å². The minimum absolute atomic E-state index is 0.734. The second kappa shape index (κ2) is 4.49. The molecule has 0 spiro atoms. The van der Waals surface area contributed by atoms with Crippen LogP contribution in [0.4, 0.5) is 5.69 Å². The van der Waals surface area contributed by atoms with Gasteiger partial charge in [-0.05, 0) is 59.9 Å². The Labute approximate surface area is 131 Å². The molecule has 1 saturated heterocycles. The van der Waals surface area contributed by atoms with E-state index in [9.17, 15) is 0 Å². The highest BCUT2D eigenvalue weighted by Gasteiger charge is 2.34. The molecule has 2 heterocycles. The summed E-state index contributed by atoms with van der Waals surface area (Å²) in [5.74, 6) is 0. The van der Waals surface area contributed by atoms with Gasteiger partial charge in [-0.2, -0.15) is 0 Å². The maximum absolute atomic E-state index is 2.72. The predicted molar refractivity (Wildman–Crippen MR) is 94.9 cm³/mol. The molecule has 1 atom stereocenters. The van der Waals surface area contributed by atoms with Crippen LogP contribution in [0.25, 0.3) is 21.5 Å².